The van der Waals surface area contributed by atoms with E-state index in [1.54, 1.807) is 72.8 Å². The molecule has 4 amide bonds. The first-order valence-corrected chi connectivity index (χ1v) is 20.0. The molecule has 0 aliphatic carbocycles. The molecule has 7 aromatic rings. The van der Waals surface area contributed by atoms with Gasteiger partial charge in [-0.15, -0.1) is 0 Å². The minimum Gasteiger partial charge on any atom is -0.399 e. The maximum absolute atomic E-state index is 13.6. The lowest BCUT2D eigenvalue weighted by Gasteiger charge is -2.18. The maximum Gasteiger partial charge on any atom is 0.266 e. The molecule has 0 aromatic heterocycles. The molecule has 7 aromatic carbocycles. The Morgan fingerprint density at radius 3 is 1.21 bits per heavy atom. The predicted molar refractivity (Wildman–Crippen MR) is 235 cm³/mol. The molecule has 9 rings (SSSR count). The zero-order valence-corrected chi connectivity index (χ0v) is 34.4. The van der Waals surface area contributed by atoms with Gasteiger partial charge in [0.05, 0.1) is 33.6 Å². The van der Waals surface area contributed by atoms with Crippen molar-refractivity contribution >= 4 is 94.2 Å². The second-order valence-corrected chi connectivity index (χ2v) is 16.1. The van der Waals surface area contributed by atoms with Gasteiger partial charge in [-0.3, -0.25) is 19.2 Å². The van der Waals surface area contributed by atoms with Crippen LogP contribution in [0.25, 0.3) is 44.5 Å². The van der Waals surface area contributed by atoms with E-state index in [4.69, 9.17) is 11.5 Å². The minimum absolute atomic E-state index is 0.345. The molecule has 0 atom stereocenters. The Kier molecular flexibility index (Phi) is 9.03. The Balaban J connectivity index is 0.948. The molecular weight excluding hydrogens is 912 g/mol. The standard InChI is InChI=1S/C46H27Br3N4O4/c47-40-23-32(53-44(55)37-17-8-28(22-39(37)46(53)57)25-3-11-30(51)12-4-25)15-18-34(40)35-20-19-33(41(48)42(35)49)26-5-13-31(14-6-26)52-43(54)36-16-7-27(21-38(36)45(52)56)24-1-9-29(50)10-2-24/h1-23H,50-51H2. The molecule has 0 saturated heterocycles. The van der Waals surface area contributed by atoms with Gasteiger partial charge >= 0.3 is 0 Å². The largest absolute Gasteiger partial charge is 0.399 e. The van der Waals surface area contributed by atoms with E-state index < -0.39 is 5.91 Å². The molecule has 57 heavy (non-hydrogen) atoms. The summed E-state index contributed by atoms with van der Waals surface area (Å²) in [4.78, 5) is 56.6. The fourth-order valence-corrected chi connectivity index (χ4v) is 9.01. The van der Waals surface area contributed by atoms with Gasteiger partial charge in [-0.1, -0.05) is 82.7 Å². The summed E-state index contributed by atoms with van der Waals surface area (Å²) >= 11 is 11.3. The number of carbonyl (C=O) groups is 4. The molecule has 0 unspecified atom stereocenters. The average Bonchev–Trinajstić information content (AvgIpc) is 3.62. The molecule has 2 heterocycles. The van der Waals surface area contributed by atoms with Crippen LogP contribution in [0.15, 0.2) is 153 Å². The fraction of sp³-hybridized carbons (Fsp3) is 0. The molecule has 2 aliphatic heterocycles. The first-order valence-electron chi connectivity index (χ1n) is 17.6. The molecule has 2 aliphatic rings. The van der Waals surface area contributed by atoms with E-state index in [-0.39, 0.29) is 17.7 Å². The highest BCUT2D eigenvalue weighted by Crippen LogP contribution is 2.44. The zero-order chi connectivity index (χ0) is 39.7. The van der Waals surface area contributed by atoms with Crippen molar-refractivity contribution in [3.8, 4) is 44.5 Å². The third-order valence-corrected chi connectivity index (χ3v) is 13.1. The van der Waals surface area contributed by atoms with Crippen molar-refractivity contribution in [1.29, 1.82) is 0 Å². The predicted octanol–water partition coefficient (Wildman–Crippen LogP) is 11.4. The number of carbonyl (C=O) groups excluding carboxylic acids is 4. The SMILES string of the molecule is Nc1ccc(-c2ccc3c(c2)C(=O)N(c2ccc(-c4ccc(-c5ccc(N6C(=O)c7ccc(-c8ccc(N)cc8)cc7C6=O)cc5Br)c(Br)c4Br)cc2)C3=O)cc1. The van der Waals surface area contributed by atoms with Crippen molar-refractivity contribution in [1.82, 2.24) is 0 Å². The number of anilines is 4. The lowest BCUT2D eigenvalue weighted by Crippen LogP contribution is -2.29. The summed E-state index contributed by atoms with van der Waals surface area (Å²) in [6.07, 6.45) is 0. The number of nitrogen functional groups attached to an aromatic ring is 2. The zero-order valence-electron chi connectivity index (χ0n) is 29.6. The molecule has 0 fully saturated rings. The third-order valence-electron chi connectivity index (χ3n) is 10.3. The number of hydrogen-bond donors (Lipinski definition) is 2. The van der Waals surface area contributed by atoms with Gasteiger partial charge in [0.1, 0.15) is 0 Å². The van der Waals surface area contributed by atoms with Crippen LogP contribution >= 0.6 is 47.8 Å². The average molecular weight is 939 g/mol. The number of nitrogens with two attached hydrogens (primary N) is 2. The third kappa shape index (κ3) is 6.19. The van der Waals surface area contributed by atoms with E-state index in [1.165, 1.54) is 9.80 Å². The summed E-state index contributed by atoms with van der Waals surface area (Å²) in [5.74, 6) is -1.53. The molecule has 11 heteroatoms. The molecular formula is C46H27Br3N4O4. The lowest BCUT2D eigenvalue weighted by atomic mass is 9.99. The van der Waals surface area contributed by atoms with Crippen LogP contribution in [-0.2, 0) is 0 Å². The van der Waals surface area contributed by atoms with E-state index in [9.17, 15) is 19.2 Å². The van der Waals surface area contributed by atoms with Crippen LogP contribution in [0, 0.1) is 0 Å². The Hall–Kier alpha value is -6.14. The quantitative estimate of drug-likeness (QED) is 0.126. The van der Waals surface area contributed by atoms with Gasteiger partial charge in [0.15, 0.2) is 0 Å². The van der Waals surface area contributed by atoms with Crippen molar-refractivity contribution in [3.05, 3.63) is 175 Å². The van der Waals surface area contributed by atoms with Crippen LogP contribution < -0.4 is 21.3 Å². The number of amides is 4. The molecule has 0 spiro atoms. The topological polar surface area (TPSA) is 127 Å². The summed E-state index contributed by atoms with van der Waals surface area (Å²) in [5, 5.41) is 0. The normalized spacial score (nSPS) is 13.4. The second-order valence-electron chi connectivity index (χ2n) is 13.7. The first kappa shape index (κ1) is 36.5. The summed E-state index contributed by atoms with van der Waals surface area (Å²) in [6, 6.07) is 41.9. The van der Waals surface area contributed by atoms with Crippen LogP contribution in [0.1, 0.15) is 41.4 Å². The van der Waals surface area contributed by atoms with Gasteiger partial charge in [0.25, 0.3) is 23.6 Å². The monoisotopic (exact) mass is 936 g/mol. The summed E-state index contributed by atoms with van der Waals surface area (Å²) in [6.45, 7) is 0. The van der Waals surface area contributed by atoms with E-state index in [2.05, 4.69) is 47.8 Å². The van der Waals surface area contributed by atoms with Crippen molar-refractivity contribution in [2.75, 3.05) is 21.3 Å². The second kappa shape index (κ2) is 14.1. The van der Waals surface area contributed by atoms with Gasteiger partial charge in [0.2, 0.25) is 0 Å². The van der Waals surface area contributed by atoms with E-state index >= 15 is 0 Å². The van der Waals surface area contributed by atoms with Gasteiger partial charge in [-0.05, 0) is 149 Å². The van der Waals surface area contributed by atoms with Crippen molar-refractivity contribution in [2.24, 2.45) is 0 Å². The van der Waals surface area contributed by atoms with Crippen LogP contribution in [-0.4, -0.2) is 23.6 Å². The summed E-state index contributed by atoms with van der Waals surface area (Å²) in [5.41, 5.74) is 22.2. The number of imide groups is 2. The highest BCUT2D eigenvalue weighted by molar-refractivity contribution is 9.13. The number of halogens is 3. The molecule has 4 N–H and O–H groups in total. The number of hydrogen-bond acceptors (Lipinski definition) is 6. The van der Waals surface area contributed by atoms with Crippen LogP contribution in [0.3, 0.4) is 0 Å². The lowest BCUT2D eigenvalue weighted by molar-refractivity contribution is 0.0910. The molecule has 0 bridgehead atoms. The van der Waals surface area contributed by atoms with Crippen molar-refractivity contribution < 1.29 is 19.2 Å². The summed E-state index contributed by atoms with van der Waals surface area (Å²) < 4.78 is 2.26. The molecule has 0 saturated carbocycles. The Bertz CT molecular complexity index is 2880. The van der Waals surface area contributed by atoms with Crippen LogP contribution in [0.4, 0.5) is 22.7 Å². The fourth-order valence-electron chi connectivity index (χ4n) is 7.29. The number of rotatable bonds is 6. The van der Waals surface area contributed by atoms with Gasteiger partial charge in [-0.25, -0.2) is 9.80 Å². The van der Waals surface area contributed by atoms with Gasteiger partial charge in [0, 0.05) is 24.8 Å². The van der Waals surface area contributed by atoms with Gasteiger partial charge in [-0.2, -0.15) is 0 Å². The number of benzene rings is 7. The Labute approximate surface area is 352 Å². The Morgan fingerprint density at radius 1 is 0.333 bits per heavy atom. The highest BCUT2D eigenvalue weighted by Gasteiger charge is 2.38. The minimum atomic E-state index is -0.391. The molecule has 8 nitrogen and oxygen atoms in total. The van der Waals surface area contributed by atoms with Crippen molar-refractivity contribution in [3.63, 3.8) is 0 Å². The Morgan fingerprint density at radius 2 is 0.702 bits per heavy atom. The number of nitrogens with zero attached hydrogens (tertiary/aromatic N) is 2. The molecule has 0 radical (unpaired) electrons. The molecule has 276 valence electrons. The number of fused-ring (bicyclic) bond motifs is 2. The smallest absolute Gasteiger partial charge is 0.266 e. The van der Waals surface area contributed by atoms with Crippen molar-refractivity contribution in [2.45, 2.75) is 0 Å². The van der Waals surface area contributed by atoms with E-state index in [0.717, 1.165) is 53.5 Å². The summed E-state index contributed by atoms with van der Waals surface area (Å²) in [7, 11) is 0. The highest BCUT2D eigenvalue weighted by atomic mass is 79.9. The van der Waals surface area contributed by atoms with E-state index in [0.29, 0.717) is 49.5 Å². The van der Waals surface area contributed by atoms with Crippen LogP contribution in [0.5, 0.6) is 0 Å². The maximum atomic E-state index is 13.6. The van der Waals surface area contributed by atoms with E-state index in [1.807, 2.05) is 66.7 Å². The van der Waals surface area contributed by atoms with Crippen LogP contribution in [0.2, 0.25) is 0 Å². The van der Waals surface area contributed by atoms with Gasteiger partial charge < -0.3 is 11.5 Å². The first-order chi connectivity index (χ1) is 27.5.